The van der Waals surface area contributed by atoms with Gasteiger partial charge in [-0.1, -0.05) is 0 Å². The van der Waals surface area contributed by atoms with E-state index in [0.717, 1.165) is 49.9 Å². The summed E-state index contributed by atoms with van der Waals surface area (Å²) in [6.45, 7) is 1.73. The summed E-state index contributed by atoms with van der Waals surface area (Å²) in [6, 6.07) is 4.12. The Morgan fingerprint density at radius 1 is 1.20 bits per heavy atom. The van der Waals surface area contributed by atoms with Crippen molar-refractivity contribution in [2.45, 2.75) is 19.3 Å². The lowest BCUT2D eigenvalue weighted by atomic mass is 9.93. The molecule has 1 aromatic carbocycles. The van der Waals surface area contributed by atoms with Crippen molar-refractivity contribution in [3.63, 3.8) is 0 Å². The number of halogens is 2. The molecule has 25 heavy (non-hydrogen) atoms. The lowest BCUT2D eigenvalue weighted by Gasteiger charge is -2.35. The average Bonchev–Trinajstić information content (AvgIpc) is 2.99. The highest BCUT2D eigenvalue weighted by molar-refractivity contribution is 5.92. The Bertz CT molecular complexity index is 906. The van der Waals surface area contributed by atoms with E-state index in [2.05, 4.69) is 14.9 Å². The molecule has 4 nitrogen and oxygen atoms in total. The molecule has 0 saturated carbocycles. The first kappa shape index (κ1) is 16.0. The van der Waals surface area contributed by atoms with Crippen LogP contribution in [0.1, 0.15) is 18.7 Å². The van der Waals surface area contributed by atoms with Crippen LogP contribution in [0.15, 0.2) is 36.8 Å². The number of benzene rings is 1. The normalized spacial score (nSPS) is 18.0. The molecule has 6 heteroatoms. The van der Waals surface area contributed by atoms with Gasteiger partial charge in [0.05, 0.1) is 0 Å². The van der Waals surface area contributed by atoms with Gasteiger partial charge in [0.2, 0.25) is 0 Å². The lowest BCUT2D eigenvalue weighted by molar-refractivity contribution is 0.403. The summed E-state index contributed by atoms with van der Waals surface area (Å²) < 4.78 is 29.8. The van der Waals surface area contributed by atoms with E-state index in [0.29, 0.717) is 11.3 Å². The highest BCUT2D eigenvalue weighted by Crippen LogP contribution is 2.31. The van der Waals surface area contributed by atoms with Gasteiger partial charge in [-0.3, -0.25) is 4.98 Å². The molecule has 3 aromatic rings. The van der Waals surface area contributed by atoms with Crippen molar-refractivity contribution in [3.8, 4) is 0 Å². The molecule has 1 saturated heterocycles. The maximum atomic E-state index is 14.0. The number of fused-ring (bicyclic) bond motifs is 1. The minimum atomic E-state index is -0.613. The summed E-state index contributed by atoms with van der Waals surface area (Å²) in [4.78, 5) is 10.7. The predicted octanol–water partition coefficient (Wildman–Crippen LogP) is 3.71. The standard InChI is InChI=1S/C19H20F2N4/c1-24-8-6-22-18(24)9-13-3-2-7-25(12-13)17-4-5-23-19-15(17)10-14(20)11-16(19)21/h4-6,8,10-11,13H,2-3,7,9,12H2,1H3. The van der Waals surface area contributed by atoms with Crippen molar-refractivity contribution >= 4 is 16.6 Å². The fourth-order valence-corrected chi connectivity index (χ4v) is 3.74. The number of aromatic nitrogens is 3. The van der Waals surface area contributed by atoms with Crippen LogP contribution in [0, 0.1) is 17.6 Å². The number of aryl methyl sites for hydroxylation is 1. The molecule has 0 radical (unpaired) electrons. The Morgan fingerprint density at radius 2 is 2.08 bits per heavy atom. The summed E-state index contributed by atoms with van der Waals surface area (Å²) in [5.74, 6) is 0.360. The molecule has 1 fully saturated rings. The summed E-state index contributed by atoms with van der Waals surface area (Å²) in [7, 11) is 2.00. The third kappa shape index (κ3) is 3.08. The molecule has 0 aliphatic carbocycles. The van der Waals surface area contributed by atoms with E-state index in [1.807, 2.05) is 30.1 Å². The van der Waals surface area contributed by atoms with Gasteiger partial charge in [-0.25, -0.2) is 13.8 Å². The molecule has 0 amide bonds. The molecule has 1 aliphatic rings. The van der Waals surface area contributed by atoms with Gasteiger partial charge in [0.25, 0.3) is 0 Å². The average molecular weight is 342 g/mol. The van der Waals surface area contributed by atoms with Gasteiger partial charge in [0.15, 0.2) is 5.82 Å². The first-order valence-electron chi connectivity index (χ1n) is 8.56. The summed E-state index contributed by atoms with van der Waals surface area (Å²) in [6.07, 6.45) is 8.47. The van der Waals surface area contributed by atoms with E-state index < -0.39 is 11.6 Å². The number of rotatable bonds is 3. The van der Waals surface area contributed by atoms with Crippen molar-refractivity contribution in [1.29, 1.82) is 0 Å². The molecule has 1 unspecified atom stereocenters. The highest BCUT2D eigenvalue weighted by atomic mass is 19.1. The Labute approximate surface area is 145 Å². The van der Waals surface area contributed by atoms with Crippen molar-refractivity contribution < 1.29 is 8.78 Å². The van der Waals surface area contributed by atoms with E-state index in [-0.39, 0.29) is 5.52 Å². The van der Waals surface area contributed by atoms with Crippen molar-refractivity contribution in [1.82, 2.24) is 14.5 Å². The zero-order valence-electron chi connectivity index (χ0n) is 14.1. The predicted molar refractivity (Wildman–Crippen MR) is 93.5 cm³/mol. The second-order valence-electron chi connectivity index (χ2n) is 6.73. The SMILES string of the molecule is Cn1ccnc1CC1CCCN(c2ccnc3c(F)cc(F)cc23)C1. The molecule has 0 spiro atoms. The minimum Gasteiger partial charge on any atom is -0.371 e. The van der Waals surface area contributed by atoms with Crippen LogP contribution in [0.2, 0.25) is 0 Å². The number of hydrogen-bond donors (Lipinski definition) is 0. The number of piperidine rings is 1. The molecule has 0 N–H and O–H groups in total. The maximum Gasteiger partial charge on any atom is 0.152 e. The van der Waals surface area contributed by atoms with E-state index in [1.165, 1.54) is 6.07 Å². The zero-order valence-corrected chi connectivity index (χ0v) is 14.1. The van der Waals surface area contributed by atoms with Crippen molar-refractivity contribution in [2.24, 2.45) is 13.0 Å². The fourth-order valence-electron chi connectivity index (χ4n) is 3.74. The molecule has 0 bridgehead atoms. The molecule has 1 atom stereocenters. The molecule has 4 rings (SSSR count). The Kier molecular flexibility index (Phi) is 4.11. The Hall–Kier alpha value is -2.50. The van der Waals surface area contributed by atoms with Gasteiger partial charge < -0.3 is 9.47 Å². The lowest BCUT2D eigenvalue weighted by Crippen LogP contribution is -2.36. The molecule has 1 aliphatic heterocycles. The number of anilines is 1. The van der Waals surface area contributed by atoms with Crippen LogP contribution in [0.4, 0.5) is 14.5 Å². The smallest absolute Gasteiger partial charge is 0.152 e. The molecule has 130 valence electrons. The monoisotopic (exact) mass is 342 g/mol. The Morgan fingerprint density at radius 3 is 2.88 bits per heavy atom. The van der Waals surface area contributed by atoms with Crippen molar-refractivity contribution in [3.05, 3.63) is 54.2 Å². The van der Waals surface area contributed by atoms with Gasteiger partial charge in [-0.2, -0.15) is 0 Å². The summed E-state index contributed by atoms with van der Waals surface area (Å²) in [5, 5.41) is 0.539. The van der Waals surface area contributed by atoms with Crippen LogP contribution in [0.25, 0.3) is 10.9 Å². The topological polar surface area (TPSA) is 34.0 Å². The van der Waals surface area contributed by atoms with E-state index in [9.17, 15) is 8.78 Å². The summed E-state index contributed by atoms with van der Waals surface area (Å²) in [5.41, 5.74) is 1.08. The molecule has 2 aromatic heterocycles. The van der Waals surface area contributed by atoms with Crippen LogP contribution in [0.5, 0.6) is 0 Å². The van der Waals surface area contributed by atoms with Crippen LogP contribution in [-0.4, -0.2) is 27.6 Å². The van der Waals surface area contributed by atoms with E-state index in [4.69, 9.17) is 0 Å². The van der Waals surface area contributed by atoms with Crippen LogP contribution >= 0.6 is 0 Å². The van der Waals surface area contributed by atoms with Gasteiger partial charge in [-0.05, 0) is 30.9 Å². The number of hydrogen-bond acceptors (Lipinski definition) is 3. The first-order valence-corrected chi connectivity index (χ1v) is 8.56. The van der Waals surface area contributed by atoms with Crippen molar-refractivity contribution in [2.75, 3.05) is 18.0 Å². The highest BCUT2D eigenvalue weighted by Gasteiger charge is 2.23. The fraction of sp³-hybridized carbons (Fsp3) is 0.368. The van der Waals surface area contributed by atoms with Crippen LogP contribution < -0.4 is 4.90 Å². The number of imidazole rings is 1. The van der Waals surface area contributed by atoms with Crippen LogP contribution in [-0.2, 0) is 13.5 Å². The molecular weight excluding hydrogens is 322 g/mol. The number of nitrogens with zero attached hydrogens (tertiary/aromatic N) is 4. The first-order chi connectivity index (χ1) is 12.1. The van der Waals surface area contributed by atoms with E-state index >= 15 is 0 Å². The Balaban J connectivity index is 1.63. The second-order valence-corrected chi connectivity index (χ2v) is 6.73. The quantitative estimate of drug-likeness (QED) is 0.728. The molecular formula is C19H20F2N4. The number of pyridine rings is 1. The zero-order chi connectivity index (χ0) is 17.4. The second kappa shape index (κ2) is 6.43. The maximum absolute atomic E-state index is 14.0. The largest absolute Gasteiger partial charge is 0.371 e. The van der Waals surface area contributed by atoms with E-state index in [1.54, 1.807) is 6.20 Å². The van der Waals surface area contributed by atoms with Gasteiger partial charge in [0, 0.05) is 62.3 Å². The van der Waals surface area contributed by atoms with Crippen LogP contribution in [0.3, 0.4) is 0 Å². The van der Waals surface area contributed by atoms with Gasteiger partial charge >= 0.3 is 0 Å². The molecule has 3 heterocycles. The third-order valence-corrected chi connectivity index (χ3v) is 4.99. The van der Waals surface area contributed by atoms with Gasteiger partial charge in [0.1, 0.15) is 17.2 Å². The van der Waals surface area contributed by atoms with Gasteiger partial charge in [-0.15, -0.1) is 0 Å². The minimum absolute atomic E-state index is 0.227. The third-order valence-electron chi connectivity index (χ3n) is 4.99. The summed E-state index contributed by atoms with van der Waals surface area (Å²) >= 11 is 0.